The number of likely N-dealkylation sites (N-methyl/N-ethyl adjacent to an activating group) is 1. The molecule has 1 fully saturated rings. The highest BCUT2D eigenvalue weighted by molar-refractivity contribution is 5.78. The van der Waals surface area contributed by atoms with Crippen molar-refractivity contribution in [2.24, 2.45) is 5.92 Å². The van der Waals surface area contributed by atoms with Crippen LogP contribution in [0.15, 0.2) is 12.3 Å². The quantitative estimate of drug-likeness (QED) is 0.824. The summed E-state index contributed by atoms with van der Waals surface area (Å²) in [6.45, 7) is 8.30. The molecule has 7 heteroatoms. The Morgan fingerprint density at radius 2 is 2.04 bits per heavy atom. The average Bonchev–Trinajstić information content (AvgIpc) is 2.84. The fourth-order valence-electron chi connectivity index (χ4n) is 3.57. The Balaban J connectivity index is 1.83. The zero-order valence-corrected chi connectivity index (χ0v) is 15.9. The van der Waals surface area contributed by atoms with E-state index in [-0.39, 0.29) is 11.8 Å². The van der Waals surface area contributed by atoms with E-state index in [1.807, 2.05) is 44.7 Å². The van der Waals surface area contributed by atoms with E-state index in [1.165, 1.54) is 0 Å². The highest BCUT2D eigenvalue weighted by Gasteiger charge is 2.28. The molecule has 0 saturated carbocycles. The summed E-state index contributed by atoms with van der Waals surface area (Å²) < 4.78 is 1.90. The first-order chi connectivity index (χ1) is 11.8. The molecule has 2 aromatic rings. The third kappa shape index (κ3) is 3.82. The van der Waals surface area contributed by atoms with Crippen LogP contribution in [0.5, 0.6) is 0 Å². The first kappa shape index (κ1) is 17.8. The van der Waals surface area contributed by atoms with E-state index < -0.39 is 0 Å². The summed E-state index contributed by atoms with van der Waals surface area (Å²) in [5.41, 5.74) is 4.13. The molecular weight excluding hydrogens is 316 g/mol. The van der Waals surface area contributed by atoms with Gasteiger partial charge in [-0.1, -0.05) is 0 Å². The predicted molar refractivity (Wildman–Crippen MR) is 97.4 cm³/mol. The maximum atomic E-state index is 12.5. The standard InChI is InChI=1S/C18H28N6O/c1-13-8-14(2)24-17(20-13)15(9-19-24)11-23-7-6-22(5)10-16(12-23)18(25)21(3)4/h8-9,16H,6-7,10-12H2,1-5H3. The number of amides is 1. The Kier molecular flexibility index (Phi) is 5.06. The van der Waals surface area contributed by atoms with Gasteiger partial charge in [-0.25, -0.2) is 9.50 Å². The van der Waals surface area contributed by atoms with Gasteiger partial charge in [0.05, 0.1) is 12.1 Å². The van der Waals surface area contributed by atoms with E-state index in [0.29, 0.717) is 0 Å². The molecule has 25 heavy (non-hydrogen) atoms. The van der Waals surface area contributed by atoms with Crippen LogP contribution in [0.4, 0.5) is 0 Å². The van der Waals surface area contributed by atoms with Gasteiger partial charge in [-0.3, -0.25) is 9.69 Å². The van der Waals surface area contributed by atoms with E-state index >= 15 is 0 Å². The van der Waals surface area contributed by atoms with E-state index in [2.05, 4.69) is 26.9 Å². The van der Waals surface area contributed by atoms with Gasteiger partial charge >= 0.3 is 0 Å². The Morgan fingerprint density at radius 1 is 1.28 bits per heavy atom. The summed E-state index contributed by atoms with van der Waals surface area (Å²) in [4.78, 5) is 23.5. The number of aromatic nitrogens is 3. The molecular formula is C18H28N6O. The monoisotopic (exact) mass is 344 g/mol. The minimum Gasteiger partial charge on any atom is -0.348 e. The van der Waals surface area contributed by atoms with Crippen molar-refractivity contribution in [2.45, 2.75) is 20.4 Å². The van der Waals surface area contributed by atoms with Gasteiger partial charge in [-0.15, -0.1) is 0 Å². The van der Waals surface area contributed by atoms with Crippen molar-refractivity contribution in [3.8, 4) is 0 Å². The van der Waals surface area contributed by atoms with Gasteiger partial charge in [0, 0.05) is 63.8 Å². The van der Waals surface area contributed by atoms with Crippen LogP contribution in [0.1, 0.15) is 17.0 Å². The maximum absolute atomic E-state index is 12.5. The lowest BCUT2D eigenvalue weighted by Gasteiger charge is -2.25. The molecule has 1 unspecified atom stereocenters. The molecule has 1 saturated heterocycles. The van der Waals surface area contributed by atoms with Gasteiger partial charge in [0.15, 0.2) is 5.65 Å². The fraction of sp³-hybridized carbons (Fsp3) is 0.611. The van der Waals surface area contributed by atoms with Crippen LogP contribution in [0.25, 0.3) is 5.65 Å². The molecule has 1 amide bonds. The number of carbonyl (C=O) groups is 1. The molecule has 0 radical (unpaired) electrons. The van der Waals surface area contributed by atoms with Crippen LogP contribution >= 0.6 is 0 Å². The lowest BCUT2D eigenvalue weighted by atomic mass is 10.1. The van der Waals surface area contributed by atoms with Crippen LogP contribution in [0, 0.1) is 19.8 Å². The number of carbonyl (C=O) groups excluding carboxylic acids is 1. The van der Waals surface area contributed by atoms with Gasteiger partial charge in [0.25, 0.3) is 0 Å². The first-order valence-corrected chi connectivity index (χ1v) is 8.78. The van der Waals surface area contributed by atoms with Crippen LogP contribution in [-0.2, 0) is 11.3 Å². The molecule has 1 aliphatic heterocycles. The molecule has 0 aliphatic carbocycles. The molecule has 3 heterocycles. The molecule has 136 valence electrons. The number of hydrogen-bond acceptors (Lipinski definition) is 5. The van der Waals surface area contributed by atoms with Gasteiger partial charge in [0.2, 0.25) is 5.91 Å². The molecule has 1 atom stereocenters. The Bertz CT molecular complexity index is 768. The molecule has 1 aliphatic rings. The number of nitrogens with zero attached hydrogens (tertiary/aromatic N) is 6. The second kappa shape index (κ2) is 7.09. The molecule has 0 bridgehead atoms. The topological polar surface area (TPSA) is 57.0 Å². The predicted octanol–water partition coefficient (Wildman–Crippen LogP) is 0.798. The number of rotatable bonds is 3. The van der Waals surface area contributed by atoms with Crippen molar-refractivity contribution in [2.75, 3.05) is 47.3 Å². The summed E-state index contributed by atoms with van der Waals surface area (Å²) >= 11 is 0. The van der Waals surface area contributed by atoms with Crippen molar-refractivity contribution in [3.63, 3.8) is 0 Å². The summed E-state index contributed by atoms with van der Waals surface area (Å²) in [6, 6.07) is 2.04. The van der Waals surface area contributed by atoms with Gasteiger partial charge in [0.1, 0.15) is 0 Å². The van der Waals surface area contributed by atoms with E-state index in [0.717, 1.165) is 55.3 Å². The molecule has 0 spiro atoms. The second-order valence-corrected chi connectivity index (χ2v) is 7.37. The highest BCUT2D eigenvalue weighted by atomic mass is 16.2. The smallest absolute Gasteiger partial charge is 0.227 e. The lowest BCUT2D eigenvalue weighted by molar-refractivity contribution is -0.133. The number of aryl methyl sites for hydroxylation is 2. The Hall–Kier alpha value is -1.99. The average molecular weight is 344 g/mol. The van der Waals surface area contributed by atoms with Crippen molar-refractivity contribution >= 4 is 11.6 Å². The van der Waals surface area contributed by atoms with E-state index in [4.69, 9.17) is 0 Å². The SMILES string of the molecule is Cc1cc(C)n2ncc(CN3CCN(C)CC(C(=O)N(C)C)C3)c2n1. The van der Waals surface area contributed by atoms with Crippen LogP contribution < -0.4 is 0 Å². The largest absolute Gasteiger partial charge is 0.348 e. The summed E-state index contributed by atoms with van der Waals surface area (Å²) in [7, 11) is 5.75. The van der Waals surface area contributed by atoms with Crippen LogP contribution in [0.2, 0.25) is 0 Å². The van der Waals surface area contributed by atoms with Gasteiger partial charge in [-0.2, -0.15) is 5.10 Å². The van der Waals surface area contributed by atoms with E-state index in [9.17, 15) is 4.79 Å². The Labute approximate surface area is 149 Å². The molecule has 0 aromatic carbocycles. The number of hydrogen-bond donors (Lipinski definition) is 0. The molecule has 2 aromatic heterocycles. The number of fused-ring (bicyclic) bond motifs is 1. The van der Waals surface area contributed by atoms with Crippen molar-refractivity contribution in [1.82, 2.24) is 29.3 Å². The highest BCUT2D eigenvalue weighted by Crippen LogP contribution is 2.17. The summed E-state index contributed by atoms with van der Waals surface area (Å²) in [5, 5.41) is 4.49. The Morgan fingerprint density at radius 3 is 2.76 bits per heavy atom. The van der Waals surface area contributed by atoms with Crippen molar-refractivity contribution in [3.05, 3.63) is 29.2 Å². The zero-order chi connectivity index (χ0) is 18.1. The maximum Gasteiger partial charge on any atom is 0.227 e. The third-order valence-electron chi connectivity index (χ3n) is 4.84. The minimum absolute atomic E-state index is 0.000713. The van der Waals surface area contributed by atoms with Gasteiger partial charge < -0.3 is 9.80 Å². The van der Waals surface area contributed by atoms with Crippen LogP contribution in [0.3, 0.4) is 0 Å². The van der Waals surface area contributed by atoms with E-state index in [1.54, 1.807) is 4.90 Å². The summed E-state index contributed by atoms with van der Waals surface area (Å²) in [6.07, 6.45) is 1.91. The lowest BCUT2D eigenvalue weighted by Crippen LogP contribution is -2.40. The third-order valence-corrected chi connectivity index (χ3v) is 4.84. The van der Waals surface area contributed by atoms with Crippen LogP contribution in [-0.4, -0.2) is 82.5 Å². The van der Waals surface area contributed by atoms with Gasteiger partial charge in [-0.05, 0) is 27.0 Å². The zero-order valence-electron chi connectivity index (χ0n) is 15.9. The summed E-state index contributed by atoms with van der Waals surface area (Å²) in [5.74, 6) is 0.198. The molecule has 0 N–H and O–H groups in total. The molecule has 7 nitrogen and oxygen atoms in total. The second-order valence-electron chi connectivity index (χ2n) is 7.37. The first-order valence-electron chi connectivity index (χ1n) is 8.78. The van der Waals surface area contributed by atoms with Crippen molar-refractivity contribution in [1.29, 1.82) is 0 Å². The fourth-order valence-corrected chi connectivity index (χ4v) is 3.57. The normalized spacial score (nSPS) is 20.0. The van der Waals surface area contributed by atoms with Crippen molar-refractivity contribution < 1.29 is 4.79 Å². The molecule has 3 rings (SSSR count). The minimum atomic E-state index is 0.000713.